The summed E-state index contributed by atoms with van der Waals surface area (Å²) in [4.78, 5) is 14.1. The molecule has 0 heterocycles. The van der Waals surface area contributed by atoms with Gasteiger partial charge in [-0.15, -0.1) is 0 Å². The molecule has 0 bridgehead atoms. The molecule has 0 saturated heterocycles. The molecule has 0 aliphatic carbocycles. The quantitative estimate of drug-likeness (QED) is 0.768. The van der Waals surface area contributed by atoms with Gasteiger partial charge in [-0.05, 0) is 25.0 Å². The molecule has 3 N–H and O–H groups in total. The first-order valence-electron chi connectivity index (χ1n) is 7.10. The minimum absolute atomic E-state index is 0.213. The van der Waals surface area contributed by atoms with Crippen molar-refractivity contribution < 1.29 is 9.18 Å². The van der Waals surface area contributed by atoms with E-state index in [4.69, 9.17) is 5.73 Å². The van der Waals surface area contributed by atoms with Gasteiger partial charge in [0.15, 0.2) is 0 Å². The minimum Gasteiger partial charge on any atom is -0.329 e. The van der Waals surface area contributed by atoms with Gasteiger partial charge in [-0.2, -0.15) is 0 Å². The predicted octanol–water partition coefficient (Wildman–Crippen LogP) is 2.21. The van der Waals surface area contributed by atoms with Gasteiger partial charge in [0.2, 0.25) is 5.91 Å². The number of amides is 1. The van der Waals surface area contributed by atoms with Gasteiger partial charge in [0.1, 0.15) is 5.82 Å². The van der Waals surface area contributed by atoms with Crippen LogP contribution in [-0.2, 0) is 4.79 Å². The topological polar surface area (TPSA) is 58.4 Å². The largest absolute Gasteiger partial charge is 0.329 e. The first-order valence-corrected chi connectivity index (χ1v) is 7.10. The minimum atomic E-state index is -0.422. The summed E-state index contributed by atoms with van der Waals surface area (Å²) < 4.78 is 13.5. The van der Waals surface area contributed by atoms with Gasteiger partial charge < -0.3 is 11.1 Å². The fourth-order valence-corrected chi connectivity index (χ4v) is 2.30. The number of benzene rings is 1. The molecule has 5 heteroatoms. The second-order valence-corrected chi connectivity index (χ2v) is 4.76. The maximum absolute atomic E-state index is 13.5. The molecule has 0 saturated carbocycles. The highest BCUT2D eigenvalue weighted by Gasteiger charge is 2.18. The lowest BCUT2D eigenvalue weighted by molar-refractivity contribution is -0.117. The number of rotatable bonds is 8. The van der Waals surface area contributed by atoms with Gasteiger partial charge in [0.25, 0.3) is 0 Å². The van der Waals surface area contributed by atoms with Gasteiger partial charge in [0.05, 0.1) is 12.2 Å². The van der Waals surface area contributed by atoms with Gasteiger partial charge in [-0.25, -0.2) is 4.39 Å². The summed E-state index contributed by atoms with van der Waals surface area (Å²) in [5.74, 6) is -0.635. The lowest BCUT2D eigenvalue weighted by Gasteiger charge is -2.29. The molecule has 1 aromatic rings. The number of nitrogens with two attached hydrogens (primary N) is 1. The Morgan fingerprint density at radius 2 is 2.00 bits per heavy atom. The van der Waals surface area contributed by atoms with Crippen molar-refractivity contribution in [3.63, 3.8) is 0 Å². The van der Waals surface area contributed by atoms with Crippen LogP contribution in [0.15, 0.2) is 24.3 Å². The first-order chi connectivity index (χ1) is 9.62. The van der Waals surface area contributed by atoms with Crippen LogP contribution in [0.5, 0.6) is 0 Å². The number of nitrogens with one attached hydrogen (secondary N) is 1. The molecule has 1 rings (SSSR count). The zero-order valence-electron chi connectivity index (χ0n) is 12.2. The normalized spacial score (nSPS) is 11.1. The summed E-state index contributed by atoms with van der Waals surface area (Å²) >= 11 is 0. The molecule has 1 amide bonds. The van der Waals surface area contributed by atoms with Crippen LogP contribution < -0.4 is 11.1 Å². The third-order valence-corrected chi connectivity index (χ3v) is 3.37. The van der Waals surface area contributed by atoms with E-state index in [1.807, 2.05) is 0 Å². The lowest BCUT2D eigenvalue weighted by atomic mass is 10.1. The Kier molecular flexibility index (Phi) is 7.18. The molecular formula is C15H24FN3O. The van der Waals surface area contributed by atoms with Crippen molar-refractivity contribution in [3.8, 4) is 0 Å². The molecule has 0 radical (unpaired) electrons. The zero-order chi connectivity index (χ0) is 15.0. The van der Waals surface area contributed by atoms with E-state index in [0.29, 0.717) is 19.1 Å². The van der Waals surface area contributed by atoms with Crippen molar-refractivity contribution in [1.82, 2.24) is 4.90 Å². The van der Waals surface area contributed by atoms with Crippen LogP contribution in [0.25, 0.3) is 0 Å². The highest BCUT2D eigenvalue weighted by Crippen LogP contribution is 2.13. The Morgan fingerprint density at radius 1 is 1.35 bits per heavy atom. The van der Waals surface area contributed by atoms with Crippen LogP contribution in [0.1, 0.15) is 26.7 Å². The van der Waals surface area contributed by atoms with Crippen LogP contribution in [-0.4, -0.2) is 36.5 Å². The molecule has 20 heavy (non-hydrogen) atoms. The zero-order valence-corrected chi connectivity index (χ0v) is 12.2. The fraction of sp³-hybridized carbons (Fsp3) is 0.533. The average Bonchev–Trinajstić information content (AvgIpc) is 2.43. The van der Waals surface area contributed by atoms with E-state index in [1.165, 1.54) is 6.07 Å². The number of carbonyl (C=O) groups excluding carboxylic acids is 1. The van der Waals surface area contributed by atoms with Gasteiger partial charge in [0, 0.05) is 19.1 Å². The number of hydrogen-bond acceptors (Lipinski definition) is 3. The third-order valence-electron chi connectivity index (χ3n) is 3.37. The Bertz CT molecular complexity index is 421. The molecule has 0 unspecified atom stereocenters. The van der Waals surface area contributed by atoms with Crippen LogP contribution in [0.3, 0.4) is 0 Å². The maximum Gasteiger partial charge on any atom is 0.238 e. The Hall–Kier alpha value is -1.46. The molecule has 0 fully saturated rings. The number of halogens is 1. The summed E-state index contributed by atoms with van der Waals surface area (Å²) in [6.45, 7) is 5.58. The fourth-order valence-electron chi connectivity index (χ4n) is 2.30. The number of hydrogen-bond donors (Lipinski definition) is 2. The Morgan fingerprint density at radius 3 is 2.55 bits per heavy atom. The molecule has 0 spiro atoms. The predicted molar refractivity (Wildman–Crippen MR) is 80.0 cm³/mol. The third kappa shape index (κ3) is 4.90. The summed E-state index contributed by atoms with van der Waals surface area (Å²) in [6, 6.07) is 6.49. The Balaban J connectivity index is 2.64. The van der Waals surface area contributed by atoms with E-state index in [0.717, 1.165) is 12.8 Å². The molecule has 0 aromatic heterocycles. The molecular weight excluding hydrogens is 257 g/mol. The van der Waals surface area contributed by atoms with Crippen LogP contribution in [0.2, 0.25) is 0 Å². The van der Waals surface area contributed by atoms with E-state index in [2.05, 4.69) is 24.1 Å². The van der Waals surface area contributed by atoms with E-state index in [1.54, 1.807) is 18.2 Å². The lowest BCUT2D eigenvalue weighted by Crippen LogP contribution is -2.43. The summed E-state index contributed by atoms with van der Waals surface area (Å²) in [5, 5.41) is 2.61. The van der Waals surface area contributed by atoms with E-state index in [9.17, 15) is 9.18 Å². The molecule has 112 valence electrons. The van der Waals surface area contributed by atoms with Gasteiger partial charge in [-0.3, -0.25) is 9.69 Å². The molecule has 0 aliphatic rings. The van der Waals surface area contributed by atoms with Crippen LogP contribution in [0, 0.1) is 5.82 Å². The number of nitrogens with zero attached hydrogens (tertiary/aromatic N) is 1. The van der Waals surface area contributed by atoms with Crippen molar-refractivity contribution in [2.45, 2.75) is 32.7 Å². The second-order valence-electron chi connectivity index (χ2n) is 4.76. The van der Waals surface area contributed by atoms with Crippen molar-refractivity contribution >= 4 is 11.6 Å². The van der Waals surface area contributed by atoms with Crippen molar-refractivity contribution in [2.24, 2.45) is 5.73 Å². The number of anilines is 1. The SMILES string of the molecule is CCC(CC)N(CCN)CC(=O)Nc1ccccc1F. The second kappa shape index (κ2) is 8.66. The molecule has 0 atom stereocenters. The summed E-state index contributed by atoms with van der Waals surface area (Å²) in [6.07, 6.45) is 1.92. The first kappa shape index (κ1) is 16.6. The van der Waals surface area contributed by atoms with E-state index < -0.39 is 5.82 Å². The standard InChI is InChI=1S/C15H24FN3O/c1-3-12(4-2)19(10-9-17)11-15(20)18-14-8-6-5-7-13(14)16/h5-8,12H,3-4,9-11,17H2,1-2H3,(H,18,20). The number of para-hydroxylation sites is 1. The van der Waals surface area contributed by atoms with E-state index in [-0.39, 0.29) is 18.1 Å². The smallest absolute Gasteiger partial charge is 0.238 e. The van der Waals surface area contributed by atoms with Gasteiger partial charge >= 0.3 is 0 Å². The van der Waals surface area contributed by atoms with Crippen molar-refractivity contribution in [3.05, 3.63) is 30.1 Å². The van der Waals surface area contributed by atoms with Crippen molar-refractivity contribution in [1.29, 1.82) is 0 Å². The summed E-state index contributed by atoms with van der Waals surface area (Å²) in [5.41, 5.74) is 5.81. The molecule has 1 aromatic carbocycles. The average molecular weight is 281 g/mol. The van der Waals surface area contributed by atoms with Crippen LogP contribution >= 0.6 is 0 Å². The summed E-state index contributed by atoms with van der Waals surface area (Å²) in [7, 11) is 0. The highest BCUT2D eigenvalue weighted by molar-refractivity contribution is 5.92. The number of carbonyl (C=O) groups is 1. The van der Waals surface area contributed by atoms with Crippen LogP contribution in [0.4, 0.5) is 10.1 Å². The maximum atomic E-state index is 13.5. The monoisotopic (exact) mass is 281 g/mol. The molecule has 4 nitrogen and oxygen atoms in total. The molecule has 0 aliphatic heterocycles. The van der Waals surface area contributed by atoms with Crippen molar-refractivity contribution in [2.75, 3.05) is 25.0 Å². The Labute approximate surface area is 120 Å². The van der Waals surface area contributed by atoms with Gasteiger partial charge in [-0.1, -0.05) is 26.0 Å². The highest BCUT2D eigenvalue weighted by atomic mass is 19.1. The van der Waals surface area contributed by atoms with E-state index >= 15 is 0 Å².